The molecule has 1 aliphatic heterocycles. The van der Waals surface area contributed by atoms with E-state index < -0.39 is 0 Å². The van der Waals surface area contributed by atoms with E-state index in [-0.39, 0.29) is 23.6 Å². The highest BCUT2D eigenvalue weighted by Crippen LogP contribution is 2.24. The number of halogens is 1. The molecule has 1 atom stereocenters. The van der Waals surface area contributed by atoms with Crippen molar-refractivity contribution in [2.24, 2.45) is 0 Å². The molecule has 2 aromatic rings. The molecule has 0 radical (unpaired) electrons. The predicted molar refractivity (Wildman–Crippen MR) is 107 cm³/mol. The van der Waals surface area contributed by atoms with Gasteiger partial charge in [-0.05, 0) is 19.1 Å². The van der Waals surface area contributed by atoms with Crippen LogP contribution in [0.2, 0.25) is 5.15 Å². The van der Waals surface area contributed by atoms with Crippen LogP contribution in [-0.4, -0.2) is 58.1 Å². The number of nitrogens with zero attached hydrogens (tertiary/aromatic N) is 4. The summed E-state index contributed by atoms with van der Waals surface area (Å²) in [5.41, 5.74) is 0. The summed E-state index contributed by atoms with van der Waals surface area (Å²) < 4.78 is 5.18. The molecule has 28 heavy (non-hydrogen) atoms. The zero-order chi connectivity index (χ0) is 20.1. The van der Waals surface area contributed by atoms with Crippen LogP contribution >= 0.6 is 23.4 Å². The van der Waals surface area contributed by atoms with E-state index in [1.807, 2.05) is 11.8 Å². The van der Waals surface area contributed by atoms with Crippen LogP contribution in [0.3, 0.4) is 0 Å². The first-order chi connectivity index (χ1) is 13.4. The predicted octanol–water partition coefficient (Wildman–Crippen LogP) is 2.19. The maximum Gasteiger partial charge on any atom is 0.230 e. The number of carbonyl (C=O) groups is 2. The lowest BCUT2D eigenvalue weighted by atomic mass is 10.2. The summed E-state index contributed by atoms with van der Waals surface area (Å²) in [5.74, 6) is 1.50. The number of hydrogen-bond acceptors (Lipinski definition) is 7. The number of rotatable bonds is 6. The average molecular weight is 424 g/mol. The Hall–Kier alpha value is -2.26. The standard InChI is InChI=1S/C18H22ClN5O3S/c1-12-10-23(5-6-24(12)13(2)25)16-8-15(19)21-18(22-16)28-11-17(26)20-9-14-4-3-7-27-14/h3-4,7-8,12H,5-6,9-11H2,1-2H3,(H,20,26). The van der Waals surface area contributed by atoms with Crippen LogP contribution < -0.4 is 10.2 Å². The van der Waals surface area contributed by atoms with Crippen molar-refractivity contribution in [3.8, 4) is 0 Å². The Morgan fingerprint density at radius 1 is 1.39 bits per heavy atom. The van der Waals surface area contributed by atoms with Crippen LogP contribution in [0.4, 0.5) is 5.82 Å². The second-order valence-corrected chi connectivity index (χ2v) is 7.81. The maximum absolute atomic E-state index is 12.0. The monoisotopic (exact) mass is 423 g/mol. The molecule has 3 rings (SSSR count). The van der Waals surface area contributed by atoms with Gasteiger partial charge in [-0.1, -0.05) is 23.4 Å². The van der Waals surface area contributed by atoms with Gasteiger partial charge in [-0.25, -0.2) is 9.97 Å². The molecular weight excluding hydrogens is 402 g/mol. The minimum Gasteiger partial charge on any atom is -0.467 e. The first-order valence-electron chi connectivity index (χ1n) is 8.91. The summed E-state index contributed by atoms with van der Waals surface area (Å²) in [7, 11) is 0. The van der Waals surface area contributed by atoms with Crippen LogP contribution in [0.15, 0.2) is 34.0 Å². The molecule has 1 saturated heterocycles. The number of carbonyl (C=O) groups excluding carboxylic acids is 2. The van der Waals surface area contributed by atoms with E-state index in [4.69, 9.17) is 16.0 Å². The SMILES string of the molecule is CC(=O)N1CCN(c2cc(Cl)nc(SCC(=O)NCc3ccco3)n2)CC1C. The van der Waals surface area contributed by atoms with E-state index in [2.05, 4.69) is 20.2 Å². The van der Waals surface area contributed by atoms with E-state index in [0.29, 0.717) is 48.1 Å². The van der Waals surface area contributed by atoms with E-state index in [9.17, 15) is 9.59 Å². The molecule has 1 aliphatic rings. The lowest BCUT2D eigenvalue weighted by Gasteiger charge is -2.40. The molecule has 8 nitrogen and oxygen atoms in total. The number of furan rings is 1. The number of hydrogen-bond donors (Lipinski definition) is 1. The molecule has 0 saturated carbocycles. The molecule has 0 bridgehead atoms. The second-order valence-electron chi connectivity index (χ2n) is 6.48. The highest BCUT2D eigenvalue weighted by atomic mass is 35.5. The first-order valence-corrected chi connectivity index (χ1v) is 10.3. The Morgan fingerprint density at radius 3 is 2.89 bits per heavy atom. The van der Waals surface area contributed by atoms with Crippen LogP contribution in [0.5, 0.6) is 0 Å². The molecule has 150 valence electrons. The number of amides is 2. The Balaban J connectivity index is 1.57. The van der Waals surface area contributed by atoms with Crippen molar-refractivity contribution in [3.05, 3.63) is 35.4 Å². The lowest BCUT2D eigenvalue weighted by Crippen LogP contribution is -2.53. The van der Waals surface area contributed by atoms with Gasteiger partial charge in [0.25, 0.3) is 0 Å². The molecule has 1 N–H and O–H groups in total. The Morgan fingerprint density at radius 2 is 2.21 bits per heavy atom. The minimum absolute atomic E-state index is 0.0738. The lowest BCUT2D eigenvalue weighted by molar-refractivity contribution is -0.131. The van der Waals surface area contributed by atoms with E-state index in [0.717, 1.165) is 0 Å². The van der Waals surface area contributed by atoms with Gasteiger partial charge >= 0.3 is 0 Å². The van der Waals surface area contributed by atoms with Crippen molar-refractivity contribution in [3.63, 3.8) is 0 Å². The summed E-state index contributed by atoms with van der Waals surface area (Å²) in [6, 6.07) is 5.36. The largest absolute Gasteiger partial charge is 0.467 e. The van der Waals surface area contributed by atoms with Gasteiger partial charge in [0, 0.05) is 38.7 Å². The fraction of sp³-hybridized carbons (Fsp3) is 0.444. The van der Waals surface area contributed by atoms with Crippen LogP contribution in [-0.2, 0) is 16.1 Å². The fourth-order valence-corrected chi connectivity index (χ4v) is 3.94. The van der Waals surface area contributed by atoms with Gasteiger partial charge < -0.3 is 19.5 Å². The van der Waals surface area contributed by atoms with Gasteiger partial charge in [0.05, 0.1) is 18.6 Å². The normalized spacial score (nSPS) is 16.9. The average Bonchev–Trinajstić information content (AvgIpc) is 3.17. The quantitative estimate of drug-likeness (QED) is 0.432. The van der Waals surface area contributed by atoms with E-state index in [1.165, 1.54) is 11.8 Å². The van der Waals surface area contributed by atoms with Gasteiger partial charge in [-0.15, -0.1) is 0 Å². The molecule has 0 aromatic carbocycles. The molecular formula is C18H22ClN5O3S. The summed E-state index contributed by atoms with van der Waals surface area (Å²) >= 11 is 7.38. The molecule has 0 aliphatic carbocycles. The summed E-state index contributed by atoms with van der Waals surface area (Å²) in [4.78, 5) is 36.3. The Labute approximate surface area is 172 Å². The fourth-order valence-electron chi connectivity index (χ4n) is 3.03. The van der Waals surface area contributed by atoms with Gasteiger partial charge in [0.2, 0.25) is 11.8 Å². The number of thioether (sulfide) groups is 1. The van der Waals surface area contributed by atoms with Crippen LogP contribution in [0.25, 0.3) is 0 Å². The van der Waals surface area contributed by atoms with Crippen molar-refractivity contribution in [1.82, 2.24) is 20.2 Å². The van der Waals surface area contributed by atoms with Crippen molar-refractivity contribution >= 4 is 41.0 Å². The molecule has 1 fully saturated rings. The van der Waals surface area contributed by atoms with Gasteiger partial charge in [-0.2, -0.15) is 0 Å². The van der Waals surface area contributed by atoms with Gasteiger partial charge in [0.15, 0.2) is 5.16 Å². The number of nitrogens with one attached hydrogen (secondary N) is 1. The zero-order valence-corrected chi connectivity index (χ0v) is 17.3. The van der Waals surface area contributed by atoms with Gasteiger partial charge in [-0.3, -0.25) is 9.59 Å². The van der Waals surface area contributed by atoms with Crippen molar-refractivity contribution in [2.75, 3.05) is 30.3 Å². The van der Waals surface area contributed by atoms with Crippen molar-refractivity contribution in [1.29, 1.82) is 0 Å². The third-order valence-corrected chi connectivity index (χ3v) is 5.43. The third-order valence-electron chi connectivity index (χ3n) is 4.39. The smallest absolute Gasteiger partial charge is 0.230 e. The van der Waals surface area contributed by atoms with Crippen molar-refractivity contribution < 1.29 is 14.0 Å². The summed E-state index contributed by atoms with van der Waals surface area (Å²) in [6.07, 6.45) is 1.56. The zero-order valence-electron chi connectivity index (χ0n) is 15.7. The molecule has 10 heteroatoms. The molecule has 3 heterocycles. The van der Waals surface area contributed by atoms with Gasteiger partial charge in [0.1, 0.15) is 16.7 Å². The summed E-state index contributed by atoms with van der Waals surface area (Å²) in [6.45, 7) is 5.91. The number of anilines is 1. The van der Waals surface area contributed by atoms with Crippen LogP contribution in [0.1, 0.15) is 19.6 Å². The number of aromatic nitrogens is 2. The minimum atomic E-state index is -0.143. The highest BCUT2D eigenvalue weighted by molar-refractivity contribution is 7.99. The topological polar surface area (TPSA) is 91.6 Å². The Kier molecular flexibility index (Phi) is 6.79. The highest BCUT2D eigenvalue weighted by Gasteiger charge is 2.26. The van der Waals surface area contributed by atoms with Crippen LogP contribution in [0, 0.1) is 0 Å². The summed E-state index contributed by atoms with van der Waals surface area (Å²) in [5, 5.41) is 3.55. The second kappa shape index (κ2) is 9.29. The van der Waals surface area contributed by atoms with Crippen molar-refractivity contribution in [2.45, 2.75) is 31.6 Å². The van der Waals surface area contributed by atoms with E-state index >= 15 is 0 Å². The Bertz CT molecular complexity index is 833. The molecule has 2 aromatic heterocycles. The number of piperazine rings is 1. The molecule has 0 spiro atoms. The molecule has 1 unspecified atom stereocenters. The first kappa shape index (κ1) is 20.5. The molecule has 2 amide bonds. The maximum atomic E-state index is 12.0. The third kappa shape index (κ3) is 5.39. The van der Waals surface area contributed by atoms with E-state index in [1.54, 1.807) is 31.4 Å².